The minimum Gasteiger partial charge on any atom is -0.490 e. The molecule has 4 aromatic rings. The molecule has 0 saturated carbocycles. The molecule has 38 heavy (non-hydrogen) atoms. The second kappa shape index (κ2) is 11.2. The van der Waals surface area contributed by atoms with Crippen LogP contribution in [0.1, 0.15) is 23.9 Å². The molecule has 194 valence electrons. The predicted octanol–water partition coefficient (Wildman–Crippen LogP) is 5.14. The number of aromatic nitrogens is 2. The molecule has 0 fully saturated rings. The number of rotatable bonds is 9. The van der Waals surface area contributed by atoms with Gasteiger partial charge in [-0.3, -0.25) is 25.0 Å². The highest BCUT2D eigenvalue weighted by Gasteiger charge is 2.23. The van der Waals surface area contributed by atoms with Gasteiger partial charge in [-0.25, -0.2) is 4.98 Å². The molecule has 0 aliphatic rings. The van der Waals surface area contributed by atoms with Crippen LogP contribution in [0.15, 0.2) is 69.0 Å². The van der Waals surface area contributed by atoms with Gasteiger partial charge in [-0.1, -0.05) is 28.1 Å². The second-order valence-electron chi connectivity index (χ2n) is 7.96. The van der Waals surface area contributed by atoms with E-state index in [1.807, 2.05) is 0 Å². The van der Waals surface area contributed by atoms with Gasteiger partial charge >= 0.3 is 5.69 Å². The van der Waals surface area contributed by atoms with E-state index in [1.54, 1.807) is 38.1 Å². The van der Waals surface area contributed by atoms with Crippen molar-refractivity contribution in [2.45, 2.75) is 20.5 Å². The van der Waals surface area contributed by atoms with Crippen molar-refractivity contribution in [3.63, 3.8) is 0 Å². The SMILES string of the molecule is CCOc1cc(C=Nn2c(C)nc3ccc(Br)cc3c2=O)cc([N+](=O)[O-])c1OCc1cccc([N+](=O)[O-])c1. The maximum absolute atomic E-state index is 13.0. The van der Waals surface area contributed by atoms with Gasteiger partial charge in [-0.05, 0) is 43.7 Å². The molecule has 0 N–H and O–H groups in total. The number of hydrogen-bond donors (Lipinski definition) is 0. The van der Waals surface area contributed by atoms with Gasteiger partial charge < -0.3 is 9.47 Å². The molecule has 0 bridgehead atoms. The zero-order valence-corrected chi connectivity index (χ0v) is 21.7. The minimum absolute atomic E-state index is 0.0817. The van der Waals surface area contributed by atoms with Crippen molar-refractivity contribution in [1.82, 2.24) is 9.66 Å². The molecule has 12 nitrogen and oxygen atoms in total. The third-order valence-corrected chi connectivity index (χ3v) is 5.84. The van der Waals surface area contributed by atoms with Crippen LogP contribution in [-0.2, 0) is 6.61 Å². The average Bonchev–Trinajstić information content (AvgIpc) is 2.88. The monoisotopic (exact) mass is 581 g/mol. The largest absolute Gasteiger partial charge is 0.490 e. The molecular weight excluding hydrogens is 562 g/mol. The van der Waals surface area contributed by atoms with E-state index < -0.39 is 21.1 Å². The molecule has 13 heteroatoms. The van der Waals surface area contributed by atoms with Crippen LogP contribution in [0.25, 0.3) is 10.9 Å². The van der Waals surface area contributed by atoms with Crippen molar-refractivity contribution < 1.29 is 19.3 Å². The number of benzene rings is 3. The Labute approximate surface area is 223 Å². The van der Waals surface area contributed by atoms with E-state index in [4.69, 9.17) is 9.47 Å². The van der Waals surface area contributed by atoms with E-state index in [-0.39, 0.29) is 36.0 Å². The number of nitro benzene ring substituents is 2. The van der Waals surface area contributed by atoms with Crippen LogP contribution in [-0.4, -0.2) is 32.3 Å². The summed E-state index contributed by atoms with van der Waals surface area (Å²) in [7, 11) is 0. The van der Waals surface area contributed by atoms with Crippen molar-refractivity contribution in [2.75, 3.05) is 6.61 Å². The summed E-state index contributed by atoms with van der Waals surface area (Å²) in [5, 5.41) is 27.5. The first-order valence-corrected chi connectivity index (χ1v) is 12.0. The maximum Gasteiger partial charge on any atom is 0.315 e. The molecule has 1 heterocycles. The van der Waals surface area contributed by atoms with Gasteiger partial charge in [0, 0.05) is 28.2 Å². The summed E-state index contributed by atoms with van der Waals surface area (Å²) >= 11 is 3.34. The number of aryl methyl sites for hydroxylation is 1. The van der Waals surface area contributed by atoms with Gasteiger partial charge in [0.15, 0.2) is 5.75 Å². The number of hydrogen-bond acceptors (Lipinski definition) is 9. The Morgan fingerprint density at radius 3 is 2.58 bits per heavy atom. The summed E-state index contributed by atoms with van der Waals surface area (Å²) in [6.07, 6.45) is 1.29. The van der Waals surface area contributed by atoms with E-state index in [0.717, 1.165) is 4.68 Å². The predicted molar refractivity (Wildman–Crippen MR) is 143 cm³/mol. The normalized spacial score (nSPS) is 11.1. The highest BCUT2D eigenvalue weighted by atomic mass is 79.9. The van der Waals surface area contributed by atoms with Crippen LogP contribution >= 0.6 is 15.9 Å². The molecule has 0 aliphatic carbocycles. The zero-order valence-electron chi connectivity index (χ0n) is 20.2. The molecule has 0 spiro atoms. The second-order valence-corrected chi connectivity index (χ2v) is 8.87. The van der Waals surface area contributed by atoms with E-state index in [0.29, 0.717) is 26.8 Å². The number of non-ortho nitro benzene ring substituents is 1. The third kappa shape index (κ3) is 5.67. The van der Waals surface area contributed by atoms with Crippen molar-refractivity contribution in [3.05, 3.63) is 107 Å². The summed E-state index contributed by atoms with van der Waals surface area (Å²) in [5.41, 5.74) is 0.323. The van der Waals surface area contributed by atoms with Gasteiger partial charge in [0.2, 0.25) is 5.75 Å². The first-order chi connectivity index (χ1) is 18.2. The Bertz CT molecular complexity index is 1650. The van der Waals surface area contributed by atoms with Crippen molar-refractivity contribution in [2.24, 2.45) is 5.10 Å². The van der Waals surface area contributed by atoms with Gasteiger partial charge in [-0.15, -0.1) is 0 Å². The van der Waals surface area contributed by atoms with E-state index >= 15 is 0 Å². The number of fused-ring (bicyclic) bond motifs is 1. The summed E-state index contributed by atoms with van der Waals surface area (Å²) < 4.78 is 13.1. The Kier molecular flexibility index (Phi) is 7.76. The molecule has 0 atom stereocenters. The summed E-state index contributed by atoms with van der Waals surface area (Å²) in [6, 6.07) is 13.6. The standard InChI is InChI=1S/C25H20BrN5O7/c1-3-37-23-11-17(13-27-29-15(2)28-21-8-7-18(26)12-20(21)25(29)32)10-22(31(35)36)24(23)38-14-16-5-4-6-19(9-16)30(33)34/h4-13H,3,14H2,1-2H3. The van der Waals surface area contributed by atoms with Crippen LogP contribution in [0.4, 0.5) is 11.4 Å². The molecule has 0 aliphatic heterocycles. The number of ether oxygens (including phenoxy) is 2. The lowest BCUT2D eigenvalue weighted by Gasteiger charge is -2.13. The molecule has 0 saturated heterocycles. The molecule has 0 unspecified atom stereocenters. The summed E-state index contributed by atoms with van der Waals surface area (Å²) in [4.78, 5) is 39.2. The van der Waals surface area contributed by atoms with Gasteiger partial charge in [-0.2, -0.15) is 9.78 Å². The highest BCUT2D eigenvalue weighted by Crippen LogP contribution is 2.39. The molecule has 0 radical (unpaired) electrons. The topological polar surface area (TPSA) is 152 Å². The van der Waals surface area contributed by atoms with Crippen LogP contribution in [0.5, 0.6) is 11.5 Å². The Balaban J connectivity index is 1.72. The number of halogens is 1. The van der Waals surface area contributed by atoms with E-state index in [9.17, 15) is 25.0 Å². The van der Waals surface area contributed by atoms with E-state index in [1.165, 1.54) is 36.5 Å². The minimum atomic E-state index is -0.630. The Morgan fingerprint density at radius 1 is 1.08 bits per heavy atom. The van der Waals surface area contributed by atoms with Crippen molar-refractivity contribution in [1.29, 1.82) is 0 Å². The number of nitro groups is 2. The van der Waals surface area contributed by atoms with Gasteiger partial charge in [0.05, 0.1) is 33.6 Å². The smallest absolute Gasteiger partial charge is 0.315 e. The highest BCUT2D eigenvalue weighted by molar-refractivity contribution is 9.10. The van der Waals surface area contributed by atoms with Crippen LogP contribution in [0.2, 0.25) is 0 Å². The fourth-order valence-corrected chi connectivity index (χ4v) is 4.02. The van der Waals surface area contributed by atoms with Crippen LogP contribution < -0.4 is 15.0 Å². The molecule has 0 amide bonds. The fraction of sp³-hybridized carbons (Fsp3) is 0.160. The van der Waals surface area contributed by atoms with E-state index in [2.05, 4.69) is 26.0 Å². The summed E-state index contributed by atoms with van der Waals surface area (Å²) in [6.45, 7) is 3.35. The Morgan fingerprint density at radius 2 is 1.87 bits per heavy atom. The quantitative estimate of drug-likeness (QED) is 0.149. The average molecular weight is 582 g/mol. The van der Waals surface area contributed by atoms with Crippen LogP contribution in [0, 0.1) is 27.2 Å². The molecular formula is C25H20BrN5O7. The lowest BCUT2D eigenvalue weighted by Crippen LogP contribution is -2.20. The number of nitrogens with zero attached hydrogens (tertiary/aromatic N) is 5. The van der Waals surface area contributed by atoms with Gasteiger partial charge in [0.1, 0.15) is 12.4 Å². The first kappa shape index (κ1) is 26.4. The molecule has 1 aromatic heterocycles. The van der Waals surface area contributed by atoms with Crippen LogP contribution in [0.3, 0.4) is 0 Å². The molecule has 3 aromatic carbocycles. The maximum atomic E-state index is 13.0. The van der Waals surface area contributed by atoms with Crippen molar-refractivity contribution >= 4 is 44.4 Å². The fourth-order valence-electron chi connectivity index (χ4n) is 3.66. The third-order valence-electron chi connectivity index (χ3n) is 5.35. The molecule has 4 rings (SSSR count). The van der Waals surface area contributed by atoms with Gasteiger partial charge in [0.25, 0.3) is 11.2 Å². The van der Waals surface area contributed by atoms with Crippen molar-refractivity contribution in [3.8, 4) is 11.5 Å². The Hall–Kier alpha value is -4.65. The summed E-state index contributed by atoms with van der Waals surface area (Å²) in [5.74, 6) is 0.279. The zero-order chi connectivity index (χ0) is 27.4. The first-order valence-electron chi connectivity index (χ1n) is 11.2. The lowest BCUT2D eigenvalue weighted by molar-refractivity contribution is -0.386. The lowest BCUT2D eigenvalue weighted by atomic mass is 10.1.